The molecule has 0 saturated carbocycles. The summed E-state index contributed by atoms with van der Waals surface area (Å²) in [6.07, 6.45) is -0.796. The molecule has 0 spiro atoms. The van der Waals surface area contributed by atoms with Crippen molar-refractivity contribution in [3.8, 4) is 0 Å². The lowest BCUT2D eigenvalue weighted by Crippen LogP contribution is -2.49. The van der Waals surface area contributed by atoms with Crippen molar-refractivity contribution in [2.24, 2.45) is 5.92 Å². The van der Waals surface area contributed by atoms with Crippen molar-refractivity contribution in [3.63, 3.8) is 0 Å². The van der Waals surface area contributed by atoms with Gasteiger partial charge < -0.3 is 19.7 Å². The van der Waals surface area contributed by atoms with Crippen molar-refractivity contribution >= 4 is 24.0 Å². The molecule has 2 aliphatic rings. The van der Waals surface area contributed by atoms with E-state index < -0.39 is 17.6 Å². The lowest BCUT2D eigenvalue weighted by molar-refractivity contribution is 0.0139. The van der Waals surface area contributed by atoms with E-state index in [1.807, 2.05) is 53.7 Å². The van der Waals surface area contributed by atoms with Gasteiger partial charge in [-0.3, -0.25) is 9.80 Å². The Morgan fingerprint density at radius 3 is 2.41 bits per heavy atom. The minimum atomic E-state index is -0.723. The molecule has 2 atom stereocenters. The molecule has 2 amide bonds. The first-order valence-corrected chi connectivity index (χ1v) is 13.5. The number of nitrogens with zero attached hydrogens (tertiary/aromatic N) is 5. The molecular formula is C28H39FN6O4. The predicted molar refractivity (Wildman–Crippen MR) is 146 cm³/mol. The van der Waals surface area contributed by atoms with Crippen LogP contribution in [0.1, 0.15) is 58.7 Å². The average molecular weight is 543 g/mol. The molecule has 0 radical (unpaired) electrons. The number of rotatable bonds is 7. The smallest absolute Gasteiger partial charge is 0.415 e. The fourth-order valence-corrected chi connectivity index (χ4v) is 4.65. The third kappa shape index (κ3) is 7.35. The molecular weight excluding hydrogens is 503 g/mol. The van der Waals surface area contributed by atoms with Gasteiger partial charge in [0.25, 0.3) is 0 Å². The predicted octanol–water partition coefficient (Wildman–Crippen LogP) is 4.82. The molecule has 2 aromatic rings. The standard InChI is InChI=1S/C28H39FN6O4/c1-18(2)22-17-38-27(37)35(22)24-15-23(29)31-25(32-24)30-19(3)21-9-7-20(8-10-21)16-33-11-13-34(14-12-33)26(36)39-28(4,5)6/h7-10,15,18-19,22H,11-14,16-17H2,1-6H3,(H,30,31,32)/t19?,22-/m1/s1. The van der Waals surface area contributed by atoms with Crippen LogP contribution in [0.25, 0.3) is 0 Å². The van der Waals surface area contributed by atoms with E-state index in [1.165, 1.54) is 4.90 Å². The zero-order valence-corrected chi connectivity index (χ0v) is 23.6. The Labute approximate surface area is 229 Å². The molecule has 3 heterocycles. The summed E-state index contributed by atoms with van der Waals surface area (Å²) in [7, 11) is 0. The van der Waals surface area contributed by atoms with Crippen molar-refractivity contribution in [3.05, 3.63) is 47.4 Å². The molecule has 1 N–H and O–H groups in total. The Kier molecular flexibility index (Phi) is 8.58. The highest BCUT2D eigenvalue weighted by molar-refractivity contribution is 5.89. The number of benzene rings is 1. The first-order chi connectivity index (χ1) is 18.4. The van der Waals surface area contributed by atoms with Crippen LogP contribution in [0.2, 0.25) is 0 Å². The molecule has 11 heteroatoms. The molecule has 0 aliphatic carbocycles. The van der Waals surface area contributed by atoms with Gasteiger partial charge in [-0.1, -0.05) is 38.1 Å². The van der Waals surface area contributed by atoms with E-state index in [0.29, 0.717) is 13.1 Å². The largest absolute Gasteiger partial charge is 0.447 e. The second kappa shape index (κ2) is 11.7. The molecule has 2 aliphatic heterocycles. The van der Waals surface area contributed by atoms with Crippen LogP contribution in [0.4, 0.5) is 25.7 Å². The third-order valence-corrected chi connectivity index (χ3v) is 6.86. The SMILES string of the molecule is CC(Nc1nc(F)cc(N2C(=O)OC[C@@H]2C(C)C)n1)c1ccc(CN2CCN(C(=O)OC(C)(C)C)CC2)cc1. The van der Waals surface area contributed by atoms with E-state index in [4.69, 9.17) is 9.47 Å². The number of carbonyl (C=O) groups excluding carboxylic acids is 2. The van der Waals surface area contributed by atoms with Gasteiger partial charge in [0.15, 0.2) is 0 Å². The highest BCUT2D eigenvalue weighted by Crippen LogP contribution is 2.27. The van der Waals surface area contributed by atoms with Crippen LogP contribution in [-0.2, 0) is 16.0 Å². The maximum atomic E-state index is 14.4. The second-order valence-corrected chi connectivity index (χ2v) is 11.5. The van der Waals surface area contributed by atoms with E-state index in [9.17, 15) is 14.0 Å². The van der Waals surface area contributed by atoms with Crippen molar-refractivity contribution in [1.82, 2.24) is 19.8 Å². The molecule has 10 nitrogen and oxygen atoms in total. The molecule has 2 fully saturated rings. The number of amides is 2. The number of hydrogen-bond acceptors (Lipinski definition) is 8. The van der Waals surface area contributed by atoms with Gasteiger partial charge >= 0.3 is 12.2 Å². The Morgan fingerprint density at radius 2 is 1.79 bits per heavy atom. The Bertz CT molecular complexity index is 1160. The normalized spacial score (nSPS) is 19.3. The summed E-state index contributed by atoms with van der Waals surface area (Å²) in [6, 6.07) is 8.92. The summed E-state index contributed by atoms with van der Waals surface area (Å²) in [5.74, 6) is -0.316. The van der Waals surface area contributed by atoms with Crippen LogP contribution in [0.15, 0.2) is 30.3 Å². The highest BCUT2D eigenvalue weighted by atomic mass is 19.1. The highest BCUT2D eigenvalue weighted by Gasteiger charge is 2.37. The van der Waals surface area contributed by atoms with Gasteiger partial charge in [-0.05, 0) is 44.7 Å². The zero-order chi connectivity index (χ0) is 28.3. The number of aromatic nitrogens is 2. The molecule has 39 heavy (non-hydrogen) atoms. The van der Waals surface area contributed by atoms with E-state index in [1.54, 1.807) is 4.90 Å². The molecule has 2 saturated heterocycles. The number of anilines is 2. The van der Waals surface area contributed by atoms with E-state index >= 15 is 0 Å². The molecule has 1 aromatic carbocycles. The van der Waals surface area contributed by atoms with Crippen LogP contribution in [0.3, 0.4) is 0 Å². The van der Waals surface area contributed by atoms with Gasteiger partial charge in [0.2, 0.25) is 11.9 Å². The van der Waals surface area contributed by atoms with Crippen LogP contribution in [0, 0.1) is 11.9 Å². The van der Waals surface area contributed by atoms with E-state index in [0.717, 1.165) is 36.8 Å². The molecule has 1 aromatic heterocycles. The van der Waals surface area contributed by atoms with Crippen molar-refractivity contribution in [1.29, 1.82) is 0 Å². The molecule has 212 valence electrons. The van der Waals surface area contributed by atoms with Crippen molar-refractivity contribution < 1.29 is 23.5 Å². The van der Waals surface area contributed by atoms with E-state index in [-0.39, 0.29) is 42.5 Å². The first-order valence-electron chi connectivity index (χ1n) is 13.5. The van der Waals surface area contributed by atoms with Crippen LogP contribution in [-0.4, -0.2) is 76.4 Å². The van der Waals surface area contributed by atoms with Crippen molar-refractivity contribution in [2.75, 3.05) is 43.0 Å². The van der Waals surface area contributed by atoms with Gasteiger partial charge in [0, 0.05) is 38.8 Å². The maximum absolute atomic E-state index is 14.4. The molecule has 1 unspecified atom stereocenters. The summed E-state index contributed by atoms with van der Waals surface area (Å²) in [5.41, 5.74) is 1.65. The Morgan fingerprint density at radius 1 is 1.13 bits per heavy atom. The zero-order valence-electron chi connectivity index (χ0n) is 23.6. The lowest BCUT2D eigenvalue weighted by atomic mass is 10.0. The fourth-order valence-electron chi connectivity index (χ4n) is 4.65. The second-order valence-electron chi connectivity index (χ2n) is 11.5. The maximum Gasteiger partial charge on any atom is 0.415 e. The number of carbonyl (C=O) groups is 2. The lowest BCUT2D eigenvalue weighted by Gasteiger charge is -2.35. The number of ether oxygens (including phenoxy) is 2. The number of hydrogen-bond donors (Lipinski definition) is 1. The number of cyclic esters (lactones) is 1. The van der Waals surface area contributed by atoms with E-state index in [2.05, 4.69) is 32.3 Å². The fraction of sp³-hybridized carbons (Fsp3) is 0.571. The first kappa shape index (κ1) is 28.5. The van der Waals surface area contributed by atoms with Gasteiger partial charge in [0.05, 0.1) is 12.1 Å². The van der Waals surface area contributed by atoms with Gasteiger partial charge in [-0.2, -0.15) is 14.4 Å². The molecule has 0 bridgehead atoms. The summed E-state index contributed by atoms with van der Waals surface area (Å²) in [5, 5.41) is 3.15. The number of nitrogens with one attached hydrogen (secondary N) is 1. The van der Waals surface area contributed by atoms with Gasteiger partial charge in [-0.15, -0.1) is 0 Å². The summed E-state index contributed by atoms with van der Waals surface area (Å²) < 4.78 is 25.1. The Hall–Kier alpha value is -3.47. The van der Waals surface area contributed by atoms with Gasteiger partial charge in [0.1, 0.15) is 18.0 Å². The summed E-state index contributed by atoms with van der Waals surface area (Å²) in [4.78, 5) is 38.4. The quantitative estimate of drug-likeness (QED) is 0.497. The average Bonchev–Trinajstić information content (AvgIpc) is 3.25. The Balaban J connectivity index is 1.34. The van der Waals surface area contributed by atoms with Crippen LogP contribution < -0.4 is 10.2 Å². The number of piperazine rings is 1. The minimum absolute atomic E-state index is 0.103. The molecule has 4 rings (SSSR count). The monoisotopic (exact) mass is 542 g/mol. The van der Waals surface area contributed by atoms with Crippen LogP contribution >= 0.6 is 0 Å². The topological polar surface area (TPSA) is 100 Å². The number of halogens is 1. The van der Waals surface area contributed by atoms with Crippen molar-refractivity contribution in [2.45, 2.75) is 65.8 Å². The van der Waals surface area contributed by atoms with Gasteiger partial charge in [-0.25, -0.2) is 9.59 Å². The summed E-state index contributed by atoms with van der Waals surface area (Å²) >= 11 is 0. The van der Waals surface area contributed by atoms with Crippen LogP contribution in [0.5, 0.6) is 0 Å². The minimum Gasteiger partial charge on any atom is -0.447 e. The third-order valence-electron chi connectivity index (χ3n) is 6.86. The summed E-state index contributed by atoms with van der Waals surface area (Å²) in [6.45, 7) is 15.4.